The number of hydrogen-bond donors (Lipinski definition) is 3. The molecule has 7 nitrogen and oxygen atoms in total. The number of amides is 2. The van der Waals surface area contributed by atoms with Gasteiger partial charge in [-0.1, -0.05) is 20.8 Å². The van der Waals surface area contributed by atoms with Gasteiger partial charge in [-0.05, 0) is 6.07 Å². The molecule has 0 bridgehead atoms. The molecule has 7 heteroatoms. The Morgan fingerprint density at radius 1 is 1.43 bits per heavy atom. The van der Waals surface area contributed by atoms with Gasteiger partial charge < -0.3 is 15.3 Å². The van der Waals surface area contributed by atoms with Gasteiger partial charge in [-0.15, -0.1) is 0 Å². The van der Waals surface area contributed by atoms with E-state index in [1.54, 1.807) is 6.07 Å². The number of hydrogen-bond acceptors (Lipinski definition) is 4. The van der Waals surface area contributed by atoms with Crippen LogP contribution in [0.5, 0.6) is 0 Å². The Morgan fingerprint density at radius 2 is 2.10 bits per heavy atom. The van der Waals surface area contributed by atoms with Gasteiger partial charge in [0.05, 0.1) is 12.1 Å². The number of rotatable bonds is 2. The van der Waals surface area contributed by atoms with Crippen LogP contribution in [-0.2, 0) is 10.2 Å². The van der Waals surface area contributed by atoms with E-state index < -0.39 is 12.1 Å². The van der Waals surface area contributed by atoms with E-state index in [1.807, 2.05) is 20.8 Å². The zero-order valence-corrected chi connectivity index (χ0v) is 12.8. The monoisotopic (exact) mass is 294 g/mol. The van der Waals surface area contributed by atoms with Crippen LogP contribution in [0.15, 0.2) is 6.07 Å². The van der Waals surface area contributed by atoms with Gasteiger partial charge >= 0.3 is 0 Å². The number of aliphatic hydroxyl groups is 1. The average Bonchev–Trinajstić information content (AvgIpc) is 2.95. The van der Waals surface area contributed by atoms with Gasteiger partial charge in [0.2, 0.25) is 5.91 Å². The van der Waals surface area contributed by atoms with Crippen molar-refractivity contribution in [3.63, 3.8) is 0 Å². The number of nitrogens with one attached hydrogen (secondary N) is 2. The van der Waals surface area contributed by atoms with E-state index in [0.717, 1.165) is 5.69 Å². The van der Waals surface area contributed by atoms with Crippen LogP contribution in [0.4, 0.5) is 0 Å². The van der Waals surface area contributed by atoms with Gasteiger partial charge in [0.1, 0.15) is 5.69 Å². The highest BCUT2D eigenvalue weighted by molar-refractivity contribution is 5.92. The van der Waals surface area contributed by atoms with Gasteiger partial charge in [-0.2, -0.15) is 5.10 Å². The molecule has 0 unspecified atom stereocenters. The molecule has 1 aliphatic rings. The van der Waals surface area contributed by atoms with Gasteiger partial charge in [0.25, 0.3) is 5.91 Å². The predicted molar refractivity (Wildman–Crippen MR) is 76.8 cm³/mol. The molecule has 2 heterocycles. The van der Waals surface area contributed by atoms with Crippen molar-refractivity contribution in [1.29, 1.82) is 0 Å². The highest BCUT2D eigenvalue weighted by Gasteiger charge is 2.35. The van der Waals surface area contributed by atoms with Crippen molar-refractivity contribution in [2.75, 3.05) is 13.1 Å². The topological polar surface area (TPSA) is 98.3 Å². The maximum atomic E-state index is 12.4. The molecule has 0 aromatic carbocycles. The van der Waals surface area contributed by atoms with Crippen LogP contribution < -0.4 is 5.32 Å². The number of β-amino-alcohol motifs (C(OH)–C–C–N with tert-alkyl or cyclic N) is 1. The third-order valence-electron chi connectivity index (χ3n) is 3.57. The van der Waals surface area contributed by atoms with Gasteiger partial charge in [0, 0.05) is 31.1 Å². The molecule has 1 fully saturated rings. The number of carbonyl (C=O) groups excluding carboxylic acids is 2. The SMILES string of the molecule is CC(=O)N[C@@H]1CN(C(=O)c2cc(C(C)(C)C)[nH]n2)C[C@H]1O. The maximum absolute atomic E-state index is 12.4. The Kier molecular flexibility index (Phi) is 4.04. The summed E-state index contributed by atoms with van der Waals surface area (Å²) in [5, 5.41) is 19.5. The van der Waals surface area contributed by atoms with Gasteiger partial charge in [-0.25, -0.2) is 0 Å². The number of aliphatic hydroxyl groups excluding tert-OH is 1. The molecule has 0 radical (unpaired) electrons. The minimum absolute atomic E-state index is 0.116. The average molecular weight is 294 g/mol. The van der Waals surface area contributed by atoms with Crippen LogP contribution in [0.3, 0.4) is 0 Å². The summed E-state index contributed by atoms with van der Waals surface area (Å²) in [5.41, 5.74) is 1.09. The van der Waals surface area contributed by atoms with Crippen LogP contribution in [0, 0.1) is 0 Å². The number of carbonyl (C=O) groups is 2. The van der Waals surface area contributed by atoms with Crippen molar-refractivity contribution in [3.8, 4) is 0 Å². The Balaban J connectivity index is 2.07. The number of H-pyrrole nitrogens is 1. The molecule has 3 N–H and O–H groups in total. The van der Waals surface area contributed by atoms with E-state index in [-0.39, 0.29) is 30.3 Å². The van der Waals surface area contributed by atoms with Gasteiger partial charge in [-0.3, -0.25) is 14.7 Å². The van der Waals surface area contributed by atoms with Crippen LogP contribution in [0.1, 0.15) is 43.9 Å². The molecule has 0 spiro atoms. The minimum Gasteiger partial charge on any atom is -0.389 e. The summed E-state index contributed by atoms with van der Waals surface area (Å²) in [6.45, 7) is 7.96. The van der Waals surface area contributed by atoms with E-state index in [1.165, 1.54) is 11.8 Å². The lowest BCUT2D eigenvalue weighted by molar-refractivity contribution is -0.120. The van der Waals surface area contributed by atoms with Crippen molar-refractivity contribution in [2.24, 2.45) is 0 Å². The third-order valence-corrected chi connectivity index (χ3v) is 3.57. The van der Waals surface area contributed by atoms with Crippen LogP contribution in [0.2, 0.25) is 0 Å². The minimum atomic E-state index is -0.751. The molecular weight excluding hydrogens is 272 g/mol. The maximum Gasteiger partial charge on any atom is 0.274 e. The summed E-state index contributed by atoms with van der Waals surface area (Å²) < 4.78 is 0. The Labute approximate surface area is 123 Å². The first-order chi connectivity index (χ1) is 9.68. The first-order valence-electron chi connectivity index (χ1n) is 6.99. The van der Waals surface area contributed by atoms with Crippen LogP contribution in [0.25, 0.3) is 0 Å². The molecule has 2 rings (SSSR count). The summed E-state index contributed by atoms with van der Waals surface area (Å²) in [7, 11) is 0. The molecule has 21 heavy (non-hydrogen) atoms. The summed E-state index contributed by atoms with van der Waals surface area (Å²) in [4.78, 5) is 25.0. The molecule has 2 amide bonds. The quantitative estimate of drug-likeness (QED) is 0.716. The molecule has 1 saturated heterocycles. The fraction of sp³-hybridized carbons (Fsp3) is 0.643. The second-order valence-corrected chi connectivity index (χ2v) is 6.50. The first-order valence-corrected chi connectivity index (χ1v) is 6.99. The van der Waals surface area contributed by atoms with E-state index in [9.17, 15) is 14.7 Å². The molecule has 1 aliphatic heterocycles. The molecule has 116 valence electrons. The third kappa shape index (κ3) is 3.41. The normalized spacial score (nSPS) is 22.4. The van der Waals surface area contributed by atoms with E-state index >= 15 is 0 Å². The Bertz CT molecular complexity index is 547. The molecule has 1 aromatic rings. The van der Waals surface area contributed by atoms with Crippen molar-refractivity contribution in [2.45, 2.75) is 45.3 Å². The van der Waals surface area contributed by atoms with Crippen LogP contribution in [-0.4, -0.2) is 57.3 Å². The highest BCUT2D eigenvalue weighted by atomic mass is 16.3. The number of aromatic nitrogens is 2. The largest absolute Gasteiger partial charge is 0.389 e. The zero-order chi connectivity index (χ0) is 15.8. The van der Waals surface area contributed by atoms with Crippen molar-refractivity contribution >= 4 is 11.8 Å². The molecule has 1 aromatic heterocycles. The lowest BCUT2D eigenvalue weighted by Gasteiger charge is -2.15. The summed E-state index contributed by atoms with van der Waals surface area (Å²) in [6.07, 6.45) is -0.751. The molecular formula is C14H22N4O3. The summed E-state index contributed by atoms with van der Waals surface area (Å²) in [6, 6.07) is 1.31. The second-order valence-electron chi connectivity index (χ2n) is 6.50. The zero-order valence-electron chi connectivity index (χ0n) is 12.8. The van der Waals surface area contributed by atoms with E-state index in [2.05, 4.69) is 15.5 Å². The first kappa shape index (κ1) is 15.5. The van der Waals surface area contributed by atoms with Crippen molar-refractivity contribution in [3.05, 3.63) is 17.5 Å². The van der Waals surface area contributed by atoms with Crippen molar-refractivity contribution < 1.29 is 14.7 Å². The van der Waals surface area contributed by atoms with E-state index in [0.29, 0.717) is 5.69 Å². The summed E-state index contributed by atoms with van der Waals surface area (Å²) >= 11 is 0. The Hall–Kier alpha value is -1.89. The fourth-order valence-corrected chi connectivity index (χ4v) is 2.33. The number of nitrogens with zero attached hydrogens (tertiary/aromatic N) is 2. The Morgan fingerprint density at radius 3 is 2.62 bits per heavy atom. The predicted octanol–water partition coefficient (Wildman–Crippen LogP) is 0.0286. The lowest BCUT2D eigenvalue weighted by Crippen LogP contribution is -2.41. The number of likely N-dealkylation sites (tertiary alicyclic amines) is 1. The lowest BCUT2D eigenvalue weighted by atomic mass is 9.92. The van der Waals surface area contributed by atoms with Crippen molar-refractivity contribution in [1.82, 2.24) is 20.4 Å². The number of aromatic amines is 1. The van der Waals surface area contributed by atoms with E-state index in [4.69, 9.17) is 0 Å². The molecule has 2 atom stereocenters. The second kappa shape index (κ2) is 5.48. The van der Waals surface area contributed by atoms with Crippen LogP contribution >= 0.6 is 0 Å². The highest BCUT2D eigenvalue weighted by Crippen LogP contribution is 2.21. The molecule has 0 saturated carbocycles. The molecule has 0 aliphatic carbocycles. The smallest absolute Gasteiger partial charge is 0.274 e. The fourth-order valence-electron chi connectivity index (χ4n) is 2.33. The van der Waals surface area contributed by atoms with Gasteiger partial charge in [0.15, 0.2) is 0 Å². The standard InChI is InChI=1S/C14H22N4O3/c1-8(19)15-10-6-18(7-11(10)20)13(21)9-5-12(17-16-9)14(2,3)4/h5,10-11,20H,6-7H2,1-4H3,(H,15,19)(H,16,17)/t10-,11-/m1/s1. The summed E-state index contributed by atoms with van der Waals surface area (Å²) in [5.74, 6) is -0.461.